The van der Waals surface area contributed by atoms with Gasteiger partial charge in [0.15, 0.2) is 0 Å². The second-order valence-corrected chi connectivity index (χ2v) is 7.68. The van der Waals surface area contributed by atoms with Gasteiger partial charge in [0.05, 0.1) is 69.4 Å². The number of H-pyrrole nitrogens is 4. The molecule has 4 aromatic heterocycles. The number of aromatic amines is 4. The second kappa shape index (κ2) is 12.9. The average molecular weight is 542 g/mol. The SMILES string of the molecule is [Ga+3].c1ccc2[nH]cnc2c1.c1ccc2[nH]cnc2c1.c1ccc2[nH]cnc2c1.c1ccc2[nH]cnc2c1. The number of benzene rings is 4. The fraction of sp³-hybridized carbons (Fsp3) is 0. The van der Waals surface area contributed by atoms with E-state index < -0.39 is 0 Å². The van der Waals surface area contributed by atoms with Crippen LogP contribution in [0.1, 0.15) is 0 Å². The molecule has 0 aliphatic carbocycles. The van der Waals surface area contributed by atoms with Gasteiger partial charge in [-0.2, -0.15) is 0 Å². The number of fused-ring (bicyclic) bond motifs is 4. The molecule has 4 heterocycles. The van der Waals surface area contributed by atoms with Crippen molar-refractivity contribution in [3.63, 3.8) is 0 Å². The Morgan fingerprint density at radius 3 is 0.757 bits per heavy atom. The van der Waals surface area contributed by atoms with Gasteiger partial charge in [-0.05, 0) is 48.5 Å². The van der Waals surface area contributed by atoms with Gasteiger partial charge in [0, 0.05) is 0 Å². The van der Waals surface area contributed by atoms with Gasteiger partial charge in [0.25, 0.3) is 0 Å². The molecule has 4 aromatic carbocycles. The van der Waals surface area contributed by atoms with Crippen molar-refractivity contribution >= 4 is 63.9 Å². The summed E-state index contributed by atoms with van der Waals surface area (Å²) in [5.41, 5.74) is 8.48. The smallest absolute Gasteiger partial charge is 0.345 e. The summed E-state index contributed by atoms with van der Waals surface area (Å²) in [6, 6.07) is 31.8. The molecule has 0 fully saturated rings. The third kappa shape index (κ3) is 6.75. The fourth-order valence-electron chi connectivity index (χ4n) is 3.52. The third-order valence-electron chi connectivity index (χ3n) is 5.31. The number of hydrogen-bond acceptors (Lipinski definition) is 4. The van der Waals surface area contributed by atoms with E-state index >= 15 is 0 Å². The van der Waals surface area contributed by atoms with Crippen LogP contribution in [-0.2, 0) is 0 Å². The Kier molecular flexibility index (Phi) is 8.90. The van der Waals surface area contributed by atoms with Crippen LogP contribution < -0.4 is 0 Å². The zero-order valence-electron chi connectivity index (χ0n) is 19.9. The summed E-state index contributed by atoms with van der Waals surface area (Å²) in [6.07, 6.45) is 6.80. The molecule has 0 aliphatic rings. The maximum atomic E-state index is 4.06. The number of para-hydroxylation sites is 8. The molecule has 9 heteroatoms. The van der Waals surface area contributed by atoms with E-state index in [0.29, 0.717) is 0 Å². The van der Waals surface area contributed by atoms with Crippen LogP contribution in [0.3, 0.4) is 0 Å². The molecule has 4 N–H and O–H groups in total. The second-order valence-electron chi connectivity index (χ2n) is 7.68. The quantitative estimate of drug-likeness (QED) is 0.180. The molecule has 0 bridgehead atoms. The molecule has 0 amide bonds. The van der Waals surface area contributed by atoms with Gasteiger partial charge in [0.2, 0.25) is 0 Å². The number of hydrogen-bond donors (Lipinski definition) is 4. The van der Waals surface area contributed by atoms with Crippen LogP contribution in [-0.4, -0.2) is 59.7 Å². The molecule has 0 radical (unpaired) electrons. The monoisotopic (exact) mass is 541 g/mol. The van der Waals surface area contributed by atoms with Gasteiger partial charge in [-0.25, -0.2) is 19.9 Å². The Balaban J connectivity index is 0.000000114. The summed E-state index contributed by atoms with van der Waals surface area (Å²) < 4.78 is 0. The molecule has 8 rings (SSSR count). The van der Waals surface area contributed by atoms with Crippen molar-refractivity contribution < 1.29 is 0 Å². The number of nitrogens with one attached hydrogen (secondary N) is 4. The fourth-order valence-corrected chi connectivity index (χ4v) is 3.52. The summed E-state index contributed by atoms with van der Waals surface area (Å²) in [7, 11) is 0. The van der Waals surface area contributed by atoms with Crippen LogP contribution in [0.15, 0.2) is 122 Å². The molecule has 0 saturated carbocycles. The van der Waals surface area contributed by atoms with Gasteiger partial charge in [0.1, 0.15) is 0 Å². The molecule has 0 saturated heterocycles. The first-order valence-corrected chi connectivity index (χ1v) is 11.4. The van der Waals surface area contributed by atoms with Gasteiger partial charge in [-0.15, -0.1) is 0 Å². The van der Waals surface area contributed by atoms with Crippen LogP contribution >= 0.6 is 0 Å². The Morgan fingerprint density at radius 1 is 0.324 bits per heavy atom. The minimum absolute atomic E-state index is 0. The van der Waals surface area contributed by atoms with Crippen molar-refractivity contribution in [2.24, 2.45) is 0 Å². The number of imidazole rings is 4. The van der Waals surface area contributed by atoms with Crippen molar-refractivity contribution in [3.8, 4) is 0 Å². The maximum Gasteiger partial charge on any atom is 3.00 e. The summed E-state index contributed by atoms with van der Waals surface area (Å²) in [4.78, 5) is 28.3. The Labute approximate surface area is 225 Å². The van der Waals surface area contributed by atoms with E-state index in [1.165, 1.54) is 0 Å². The molecule has 0 aliphatic heterocycles. The first kappa shape index (κ1) is 25.5. The summed E-state index contributed by atoms with van der Waals surface area (Å²) in [6.45, 7) is 0. The van der Waals surface area contributed by atoms with Crippen molar-refractivity contribution in [3.05, 3.63) is 122 Å². The minimum Gasteiger partial charge on any atom is -0.345 e. The van der Waals surface area contributed by atoms with E-state index in [1.54, 1.807) is 25.3 Å². The molecule has 176 valence electrons. The van der Waals surface area contributed by atoms with Crippen LogP contribution in [0.4, 0.5) is 0 Å². The molecular weight excluding hydrogens is 518 g/mol. The average Bonchev–Trinajstić information content (AvgIpc) is 3.76. The van der Waals surface area contributed by atoms with E-state index in [9.17, 15) is 0 Å². The topological polar surface area (TPSA) is 115 Å². The Morgan fingerprint density at radius 2 is 0.541 bits per heavy atom. The molecule has 0 unspecified atom stereocenters. The number of rotatable bonds is 0. The molecule has 8 nitrogen and oxygen atoms in total. The van der Waals surface area contributed by atoms with Crippen LogP contribution in [0.5, 0.6) is 0 Å². The molecule has 37 heavy (non-hydrogen) atoms. The maximum absolute atomic E-state index is 4.06. The molecule has 0 atom stereocenters. The van der Waals surface area contributed by atoms with Crippen LogP contribution in [0.25, 0.3) is 44.1 Å². The Bertz CT molecular complexity index is 1390. The molecule has 0 spiro atoms. The summed E-state index contributed by atoms with van der Waals surface area (Å²) in [5.74, 6) is 0. The Hall–Kier alpha value is -4.60. The molecular formula is C28H24GaN8+3. The number of nitrogens with zero attached hydrogens (tertiary/aromatic N) is 4. The predicted molar refractivity (Wildman–Crippen MR) is 150 cm³/mol. The largest absolute Gasteiger partial charge is 3.00 e. The van der Waals surface area contributed by atoms with E-state index in [1.807, 2.05) is 97.1 Å². The zero-order chi connectivity index (χ0) is 24.4. The van der Waals surface area contributed by atoms with E-state index in [-0.39, 0.29) is 19.8 Å². The summed E-state index contributed by atoms with van der Waals surface area (Å²) >= 11 is 0. The van der Waals surface area contributed by atoms with Gasteiger partial charge in [-0.1, -0.05) is 48.5 Å². The van der Waals surface area contributed by atoms with Gasteiger partial charge < -0.3 is 19.9 Å². The van der Waals surface area contributed by atoms with E-state index in [4.69, 9.17) is 0 Å². The van der Waals surface area contributed by atoms with E-state index in [0.717, 1.165) is 44.1 Å². The normalized spacial score (nSPS) is 9.95. The minimum atomic E-state index is 0. The summed E-state index contributed by atoms with van der Waals surface area (Å²) in [5, 5.41) is 0. The standard InChI is InChI=1S/4C7H6N2.Ga/c4*1-2-4-7-6(3-1)8-5-9-7;/h4*1-5H,(H,8,9);/q;;;;+3. The van der Waals surface area contributed by atoms with Crippen molar-refractivity contribution in [1.82, 2.24) is 39.9 Å². The van der Waals surface area contributed by atoms with Crippen LogP contribution in [0, 0.1) is 0 Å². The third-order valence-corrected chi connectivity index (χ3v) is 5.31. The van der Waals surface area contributed by atoms with Crippen molar-refractivity contribution in [2.45, 2.75) is 0 Å². The van der Waals surface area contributed by atoms with E-state index in [2.05, 4.69) is 39.9 Å². The van der Waals surface area contributed by atoms with Crippen molar-refractivity contribution in [1.29, 1.82) is 0 Å². The molecule has 8 aromatic rings. The first-order valence-electron chi connectivity index (χ1n) is 11.4. The van der Waals surface area contributed by atoms with Crippen molar-refractivity contribution in [2.75, 3.05) is 0 Å². The van der Waals surface area contributed by atoms with Crippen LogP contribution in [0.2, 0.25) is 0 Å². The first-order chi connectivity index (χ1) is 17.9. The number of aromatic nitrogens is 8. The van der Waals surface area contributed by atoms with Gasteiger partial charge in [-0.3, -0.25) is 0 Å². The zero-order valence-corrected chi connectivity index (χ0v) is 22.3. The predicted octanol–water partition coefficient (Wildman–Crippen LogP) is 5.87. The van der Waals surface area contributed by atoms with Gasteiger partial charge >= 0.3 is 19.8 Å².